The summed E-state index contributed by atoms with van der Waals surface area (Å²) in [6.45, 7) is 14.6. The number of piperidine rings is 1. The first-order chi connectivity index (χ1) is 18.6. The fourth-order valence-corrected chi connectivity index (χ4v) is 11.6. The maximum Gasteiger partial charge on any atom is 0.308 e. The lowest BCUT2D eigenvalue weighted by atomic mass is 9.33. The number of carbonyl (C=O) groups is 4. The maximum absolute atomic E-state index is 14.5. The second-order valence-corrected chi connectivity index (χ2v) is 15.2. The average Bonchev–Trinajstić information content (AvgIpc) is 3.16. The highest BCUT2D eigenvalue weighted by atomic mass is 16.6. The number of carbonyl (C=O) groups excluding carboxylic acids is 4. The van der Waals surface area contributed by atoms with Gasteiger partial charge in [0.15, 0.2) is 11.5 Å². The smallest absolute Gasteiger partial charge is 0.308 e. The molecule has 8 heteroatoms. The number of ether oxygens (including phenoxy) is 3. The van der Waals surface area contributed by atoms with E-state index in [9.17, 15) is 19.2 Å². The quantitative estimate of drug-likeness (QED) is 0.446. The van der Waals surface area contributed by atoms with Gasteiger partial charge in [-0.1, -0.05) is 40.2 Å². The van der Waals surface area contributed by atoms with Crippen LogP contribution in [-0.2, 0) is 33.4 Å². The predicted octanol–water partition coefficient (Wildman–Crippen LogP) is 4.20. The minimum Gasteiger partial charge on any atom is -0.459 e. The van der Waals surface area contributed by atoms with E-state index in [0.717, 1.165) is 24.8 Å². The normalized spacial score (nSPS) is 54.8. The van der Waals surface area contributed by atoms with Crippen molar-refractivity contribution < 1.29 is 33.4 Å². The third kappa shape index (κ3) is 2.90. The maximum atomic E-state index is 14.5. The zero-order valence-electron chi connectivity index (χ0n) is 24.9. The molecule has 1 spiro atoms. The van der Waals surface area contributed by atoms with Gasteiger partial charge in [0.2, 0.25) is 0 Å². The number of ketones is 2. The van der Waals surface area contributed by atoms with Gasteiger partial charge in [0.05, 0.1) is 6.42 Å². The van der Waals surface area contributed by atoms with Crippen LogP contribution in [0.1, 0.15) is 87.0 Å². The predicted molar refractivity (Wildman–Crippen MR) is 143 cm³/mol. The van der Waals surface area contributed by atoms with Gasteiger partial charge >= 0.3 is 11.9 Å². The Balaban J connectivity index is 1.41. The molecule has 4 heterocycles. The molecule has 3 aliphatic carbocycles. The lowest BCUT2D eigenvalue weighted by Crippen LogP contribution is -2.83. The van der Waals surface area contributed by atoms with Crippen molar-refractivity contribution in [3.8, 4) is 0 Å². The molecule has 0 aromatic carbocycles. The Bertz CT molecular complexity index is 1280. The monoisotopic (exact) mass is 553 g/mol. The van der Waals surface area contributed by atoms with E-state index < -0.39 is 27.7 Å². The number of allylic oxidation sites excluding steroid dienone is 2. The summed E-state index contributed by atoms with van der Waals surface area (Å²) in [5, 5.41) is 0. The number of hydrogen-bond donors (Lipinski definition) is 0. The molecule has 6 fully saturated rings. The van der Waals surface area contributed by atoms with Crippen LogP contribution in [0, 0.1) is 45.8 Å². The van der Waals surface area contributed by atoms with Gasteiger partial charge in [0, 0.05) is 43.1 Å². The Morgan fingerprint density at radius 2 is 1.85 bits per heavy atom. The van der Waals surface area contributed by atoms with Gasteiger partial charge in [0.1, 0.15) is 23.7 Å². The van der Waals surface area contributed by atoms with Gasteiger partial charge in [-0.2, -0.15) is 0 Å². The molecular weight excluding hydrogens is 510 g/mol. The number of hydrogen-bond acceptors (Lipinski definition) is 8. The van der Waals surface area contributed by atoms with Crippen LogP contribution in [0.15, 0.2) is 11.6 Å². The second-order valence-electron chi connectivity index (χ2n) is 15.2. The van der Waals surface area contributed by atoms with Crippen molar-refractivity contribution in [2.45, 2.75) is 111 Å². The fraction of sp³-hybridized carbons (Fsp3) is 0.812. The molecule has 4 aliphatic heterocycles. The van der Waals surface area contributed by atoms with E-state index in [2.05, 4.69) is 32.6 Å². The first kappa shape index (κ1) is 26.8. The molecule has 12 unspecified atom stereocenters. The summed E-state index contributed by atoms with van der Waals surface area (Å²) >= 11 is 0. The molecule has 0 N–H and O–H groups in total. The van der Waals surface area contributed by atoms with Gasteiger partial charge < -0.3 is 14.2 Å². The molecule has 4 saturated heterocycles. The highest BCUT2D eigenvalue weighted by molar-refractivity contribution is 6.00. The molecule has 218 valence electrons. The molecule has 12 atom stereocenters. The van der Waals surface area contributed by atoms with Gasteiger partial charge in [-0.15, -0.1) is 0 Å². The van der Waals surface area contributed by atoms with Crippen LogP contribution in [0.4, 0.5) is 0 Å². The SMILES string of the molecule is CC(=O)OC1C(C)CC23CCC4(C)C5(C)CC(=O)OC4(CC4(C)C6CC(C)=CC(=O)C6C(C)C(=O)C45)N2CC1O3. The van der Waals surface area contributed by atoms with E-state index >= 15 is 0 Å². The molecule has 0 aromatic rings. The molecule has 8 nitrogen and oxygen atoms in total. The lowest BCUT2D eigenvalue weighted by Gasteiger charge is -2.76. The van der Waals surface area contributed by atoms with Crippen LogP contribution in [-0.4, -0.2) is 58.6 Å². The zero-order chi connectivity index (χ0) is 28.8. The summed E-state index contributed by atoms with van der Waals surface area (Å²) in [5.74, 6) is -1.36. The Hall–Kier alpha value is -2.06. The van der Waals surface area contributed by atoms with Crippen molar-refractivity contribution in [3.05, 3.63) is 11.6 Å². The van der Waals surface area contributed by atoms with E-state index in [1.54, 1.807) is 6.08 Å². The van der Waals surface area contributed by atoms with Gasteiger partial charge in [-0.25, -0.2) is 4.90 Å². The summed E-state index contributed by atoms with van der Waals surface area (Å²) < 4.78 is 19.3. The van der Waals surface area contributed by atoms with Crippen LogP contribution >= 0.6 is 0 Å². The van der Waals surface area contributed by atoms with Crippen molar-refractivity contribution in [3.63, 3.8) is 0 Å². The first-order valence-corrected chi connectivity index (χ1v) is 15.2. The average molecular weight is 554 g/mol. The van der Waals surface area contributed by atoms with Crippen LogP contribution in [0.2, 0.25) is 0 Å². The Labute approximate surface area is 236 Å². The number of Topliss-reactive ketones (excluding diaryl/α,β-unsaturated/α-hetero) is 1. The minimum atomic E-state index is -0.982. The van der Waals surface area contributed by atoms with Crippen LogP contribution in [0.5, 0.6) is 0 Å². The molecule has 7 rings (SSSR count). The third-order valence-corrected chi connectivity index (χ3v) is 13.2. The minimum absolute atomic E-state index is 0.00579. The topological polar surface area (TPSA) is 99.2 Å². The molecule has 0 aromatic heterocycles. The van der Waals surface area contributed by atoms with Crippen molar-refractivity contribution in [2.24, 2.45) is 45.8 Å². The summed E-state index contributed by atoms with van der Waals surface area (Å²) in [6.07, 6.45) is 4.74. The van der Waals surface area contributed by atoms with E-state index in [1.165, 1.54) is 6.92 Å². The zero-order valence-corrected chi connectivity index (χ0v) is 24.9. The highest BCUT2D eigenvalue weighted by Gasteiger charge is 2.83. The highest BCUT2D eigenvalue weighted by Crippen LogP contribution is 2.78. The molecule has 7 aliphatic rings. The van der Waals surface area contributed by atoms with Gasteiger partial charge in [-0.3, -0.25) is 19.2 Å². The summed E-state index contributed by atoms with van der Waals surface area (Å²) in [5.41, 5.74) is -2.21. The van der Waals surface area contributed by atoms with E-state index in [0.29, 0.717) is 19.4 Å². The third-order valence-electron chi connectivity index (χ3n) is 13.2. The van der Waals surface area contributed by atoms with Gasteiger partial charge in [0.25, 0.3) is 0 Å². The van der Waals surface area contributed by atoms with Crippen molar-refractivity contribution in [1.29, 1.82) is 0 Å². The van der Waals surface area contributed by atoms with Crippen molar-refractivity contribution >= 4 is 23.5 Å². The first-order valence-electron chi connectivity index (χ1n) is 15.2. The molecular formula is C32H43NO7. The number of fused-ring (bicyclic) bond motifs is 5. The molecule has 4 bridgehead atoms. The lowest BCUT2D eigenvalue weighted by molar-refractivity contribution is -0.381. The number of rotatable bonds is 1. The Morgan fingerprint density at radius 3 is 2.55 bits per heavy atom. The van der Waals surface area contributed by atoms with Crippen molar-refractivity contribution in [1.82, 2.24) is 4.90 Å². The summed E-state index contributed by atoms with van der Waals surface area (Å²) in [4.78, 5) is 55.9. The standard InChI is InChI=1S/C32H43NO7/c1-16-10-20-24(21(35)11-16)18(3)25(37)27-28(20,5)15-32-30(7,29(27,6)13-23(36)40-32)8-9-31-12-17(2)26(38-19(4)34)22(39-31)14-33(31)32/h11,17-18,20,22,24,26-27H,8-10,12-15H2,1-7H3. The second kappa shape index (κ2) is 7.85. The Morgan fingerprint density at radius 1 is 1.12 bits per heavy atom. The van der Waals surface area contributed by atoms with E-state index in [1.807, 2.05) is 13.8 Å². The molecule has 0 radical (unpaired) electrons. The summed E-state index contributed by atoms with van der Waals surface area (Å²) in [7, 11) is 0. The van der Waals surface area contributed by atoms with Crippen molar-refractivity contribution in [2.75, 3.05) is 6.54 Å². The van der Waals surface area contributed by atoms with Gasteiger partial charge in [-0.05, 0) is 61.3 Å². The summed E-state index contributed by atoms with van der Waals surface area (Å²) in [6, 6.07) is 0. The van der Waals surface area contributed by atoms with Crippen LogP contribution < -0.4 is 0 Å². The molecule has 2 saturated carbocycles. The number of nitrogens with zero attached hydrogens (tertiary/aromatic N) is 1. The van der Waals surface area contributed by atoms with E-state index in [-0.39, 0.29) is 71.7 Å². The number of esters is 2. The molecule has 40 heavy (non-hydrogen) atoms. The Kier molecular flexibility index (Phi) is 5.27. The van der Waals surface area contributed by atoms with E-state index in [4.69, 9.17) is 14.2 Å². The fourth-order valence-electron chi connectivity index (χ4n) is 11.6. The van der Waals surface area contributed by atoms with Crippen LogP contribution in [0.25, 0.3) is 0 Å². The van der Waals surface area contributed by atoms with Crippen LogP contribution in [0.3, 0.4) is 0 Å². The molecule has 0 amide bonds. The largest absolute Gasteiger partial charge is 0.459 e.